The van der Waals surface area contributed by atoms with E-state index in [4.69, 9.17) is 10.5 Å². The molecule has 5 nitrogen and oxygen atoms in total. The average molecular weight is 304 g/mol. The van der Waals surface area contributed by atoms with Crippen molar-refractivity contribution in [2.24, 2.45) is 10.7 Å². The third-order valence-corrected chi connectivity index (χ3v) is 4.02. The third kappa shape index (κ3) is 5.56. The number of ether oxygens (including phenoxy) is 1. The Kier molecular flexibility index (Phi) is 7.03. The van der Waals surface area contributed by atoms with Crippen molar-refractivity contribution in [2.75, 3.05) is 32.8 Å². The molecule has 1 atom stereocenters. The number of nitrogens with one attached hydrogen (secondary N) is 1. The molecule has 1 fully saturated rings. The van der Waals surface area contributed by atoms with Crippen LogP contribution in [-0.4, -0.2) is 49.7 Å². The zero-order chi connectivity index (χ0) is 15.6. The Morgan fingerprint density at radius 3 is 3.00 bits per heavy atom. The Balaban J connectivity index is 1.57. The molecule has 1 aliphatic heterocycles. The predicted molar refractivity (Wildman–Crippen MR) is 91.3 cm³/mol. The second-order valence-electron chi connectivity index (χ2n) is 5.59. The summed E-state index contributed by atoms with van der Waals surface area (Å²) < 4.78 is 5.63. The van der Waals surface area contributed by atoms with E-state index >= 15 is 0 Å². The van der Waals surface area contributed by atoms with E-state index in [1.54, 1.807) is 0 Å². The molecule has 5 heteroatoms. The van der Waals surface area contributed by atoms with Crippen LogP contribution in [0.5, 0.6) is 5.75 Å². The molecule has 1 aromatic carbocycles. The van der Waals surface area contributed by atoms with Crippen LogP contribution in [0.4, 0.5) is 0 Å². The van der Waals surface area contributed by atoms with Crippen molar-refractivity contribution in [1.29, 1.82) is 0 Å². The number of nitrogens with two attached hydrogens (primary N) is 1. The number of benzene rings is 1. The van der Waals surface area contributed by atoms with Crippen LogP contribution in [0.3, 0.4) is 0 Å². The Morgan fingerprint density at radius 2 is 2.23 bits per heavy atom. The van der Waals surface area contributed by atoms with Gasteiger partial charge < -0.3 is 15.8 Å². The van der Waals surface area contributed by atoms with Gasteiger partial charge in [-0.1, -0.05) is 25.1 Å². The molecule has 22 heavy (non-hydrogen) atoms. The van der Waals surface area contributed by atoms with Crippen molar-refractivity contribution < 1.29 is 4.74 Å². The maximum absolute atomic E-state index is 5.91. The fourth-order valence-electron chi connectivity index (χ4n) is 2.77. The largest absolute Gasteiger partial charge is 0.494 e. The SMILES string of the molecule is CCN1CCCC1CN=C(N)NCCCOc1ccccc1. The van der Waals surface area contributed by atoms with E-state index in [2.05, 4.69) is 22.1 Å². The lowest BCUT2D eigenvalue weighted by Gasteiger charge is -2.20. The standard InChI is InChI=1S/C17H28N4O/c1-2-21-12-6-8-15(21)14-20-17(18)19-11-7-13-22-16-9-4-3-5-10-16/h3-5,9-10,15H,2,6-8,11-14H2,1H3,(H3,18,19,20). The lowest BCUT2D eigenvalue weighted by molar-refractivity contribution is 0.273. The van der Waals surface area contributed by atoms with Crippen molar-refractivity contribution in [1.82, 2.24) is 10.2 Å². The minimum Gasteiger partial charge on any atom is -0.494 e. The van der Waals surface area contributed by atoms with Gasteiger partial charge in [0.25, 0.3) is 0 Å². The first-order chi connectivity index (χ1) is 10.8. The van der Waals surface area contributed by atoms with Gasteiger partial charge in [0.05, 0.1) is 13.2 Å². The van der Waals surface area contributed by atoms with E-state index in [0.29, 0.717) is 18.6 Å². The fourth-order valence-corrected chi connectivity index (χ4v) is 2.77. The van der Waals surface area contributed by atoms with Gasteiger partial charge >= 0.3 is 0 Å². The van der Waals surface area contributed by atoms with Crippen LogP contribution in [0, 0.1) is 0 Å². The lowest BCUT2D eigenvalue weighted by atomic mass is 10.2. The highest BCUT2D eigenvalue weighted by molar-refractivity contribution is 5.77. The van der Waals surface area contributed by atoms with E-state index in [1.807, 2.05) is 30.3 Å². The smallest absolute Gasteiger partial charge is 0.188 e. The van der Waals surface area contributed by atoms with Gasteiger partial charge in [-0.25, -0.2) is 0 Å². The summed E-state index contributed by atoms with van der Waals surface area (Å²) in [6.45, 7) is 6.76. The molecular formula is C17H28N4O. The van der Waals surface area contributed by atoms with Gasteiger partial charge in [-0.3, -0.25) is 9.89 Å². The Bertz CT molecular complexity index is 449. The van der Waals surface area contributed by atoms with Crippen molar-refractivity contribution in [3.63, 3.8) is 0 Å². The van der Waals surface area contributed by atoms with Crippen molar-refractivity contribution in [3.8, 4) is 5.75 Å². The number of aliphatic imine (C=N–C) groups is 1. The number of likely N-dealkylation sites (tertiary alicyclic amines) is 1. The highest BCUT2D eigenvalue weighted by Gasteiger charge is 2.22. The molecule has 0 aliphatic carbocycles. The molecule has 0 saturated carbocycles. The van der Waals surface area contributed by atoms with E-state index in [9.17, 15) is 0 Å². The van der Waals surface area contributed by atoms with Crippen LogP contribution < -0.4 is 15.8 Å². The fraction of sp³-hybridized carbons (Fsp3) is 0.588. The zero-order valence-electron chi connectivity index (χ0n) is 13.5. The molecule has 1 saturated heterocycles. The molecular weight excluding hydrogens is 276 g/mol. The number of para-hydroxylation sites is 1. The van der Waals surface area contributed by atoms with Crippen LogP contribution in [0.1, 0.15) is 26.2 Å². The van der Waals surface area contributed by atoms with Crippen LogP contribution >= 0.6 is 0 Å². The molecule has 1 aliphatic rings. The summed E-state index contributed by atoms with van der Waals surface area (Å²) in [4.78, 5) is 6.94. The Labute approximate surface area is 133 Å². The molecule has 1 unspecified atom stereocenters. The summed E-state index contributed by atoms with van der Waals surface area (Å²) in [5, 5.41) is 3.15. The highest BCUT2D eigenvalue weighted by atomic mass is 16.5. The van der Waals surface area contributed by atoms with E-state index in [1.165, 1.54) is 19.4 Å². The first-order valence-electron chi connectivity index (χ1n) is 8.25. The van der Waals surface area contributed by atoms with Gasteiger partial charge in [0.1, 0.15) is 5.75 Å². The van der Waals surface area contributed by atoms with E-state index in [-0.39, 0.29) is 0 Å². The Hall–Kier alpha value is -1.75. The summed E-state index contributed by atoms with van der Waals surface area (Å²) in [5.41, 5.74) is 5.91. The van der Waals surface area contributed by atoms with Gasteiger partial charge in [-0.15, -0.1) is 0 Å². The monoisotopic (exact) mass is 304 g/mol. The summed E-state index contributed by atoms with van der Waals surface area (Å²) in [7, 11) is 0. The number of guanidine groups is 1. The molecule has 122 valence electrons. The van der Waals surface area contributed by atoms with Crippen LogP contribution in [0.25, 0.3) is 0 Å². The topological polar surface area (TPSA) is 62.9 Å². The maximum atomic E-state index is 5.91. The summed E-state index contributed by atoms with van der Waals surface area (Å²) in [6, 6.07) is 10.4. The highest BCUT2D eigenvalue weighted by Crippen LogP contribution is 2.16. The summed E-state index contributed by atoms with van der Waals surface area (Å²) >= 11 is 0. The summed E-state index contributed by atoms with van der Waals surface area (Å²) in [6.07, 6.45) is 3.41. The quantitative estimate of drug-likeness (QED) is 0.437. The number of hydrogen-bond donors (Lipinski definition) is 2. The van der Waals surface area contributed by atoms with Crippen molar-refractivity contribution in [2.45, 2.75) is 32.2 Å². The minimum absolute atomic E-state index is 0.544. The van der Waals surface area contributed by atoms with Gasteiger partial charge in [-0.05, 0) is 44.5 Å². The molecule has 0 amide bonds. The maximum Gasteiger partial charge on any atom is 0.188 e. The Morgan fingerprint density at radius 1 is 1.41 bits per heavy atom. The average Bonchev–Trinajstić information content (AvgIpc) is 3.01. The molecule has 3 N–H and O–H groups in total. The summed E-state index contributed by atoms with van der Waals surface area (Å²) in [5.74, 6) is 1.45. The first kappa shape index (κ1) is 16.6. The number of rotatable bonds is 8. The van der Waals surface area contributed by atoms with E-state index < -0.39 is 0 Å². The number of nitrogens with zero attached hydrogens (tertiary/aromatic N) is 2. The normalized spacial score (nSPS) is 19.3. The molecule has 1 heterocycles. The van der Waals surface area contributed by atoms with Crippen LogP contribution in [0.15, 0.2) is 35.3 Å². The second kappa shape index (κ2) is 9.30. The molecule has 2 rings (SSSR count). The molecule has 0 bridgehead atoms. The molecule has 0 aromatic heterocycles. The minimum atomic E-state index is 0.544. The lowest BCUT2D eigenvalue weighted by Crippen LogP contribution is -2.36. The zero-order valence-corrected chi connectivity index (χ0v) is 13.5. The number of hydrogen-bond acceptors (Lipinski definition) is 3. The van der Waals surface area contributed by atoms with Crippen LogP contribution in [-0.2, 0) is 0 Å². The third-order valence-electron chi connectivity index (χ3n) is 4.02. The first-order valence-corrected chi connectivity index (χ1v) is 8.25. The van der Waals surface area contributed by atoms with Crippen molar-refractivity contribution >= 4 is 5.96 Å². The number of likely N-dealkylation sites (N-methyl/N-ethyl adjacent to an activating group) is 1. The van der Waals surface area contributed by atoms with Crippen molar-refractivity contribution in [3.05, 3.63) is 30.3 Å². The molecule has 1 aromatic rings. The molecule has 0 spiro atoms. The van der Waals surface area contributed by atoms with E-state index in [0.717, 1.165) is 31.8 Å². The van der Waals surface area contributed by atoms with Crippen LogP contribution in [0.2, 0.25) is 0 Å². The van der Waals surface area contributed by atoms with Gasteiger partial charge in [0.2, 0.25) is 0 Å². The van der Waals surface area contributed by atoms with Gasteiger partial charge in [0.15, 0.2) is 5.96 Å². The van der Waals surface area contributed by atoms with Gasteiger partial charge in [0, 0.05) is 12.6 Å². The molecule has 0 radical (unpaired) electrons. The van der Waals surface area contributed by atoms with Gasteiger partial charge in [-0.2, -0.15) is 0 Å². The second-order valence-corrected chi connectivity index (χ2v) is 5.59. The predicted octanol–water partition coefficient (Wildman–Crippen LogP) is 1.84.